The Labute approximate surface area is 103 Å². The van der Waals surface area contributed by atoms with E-state index in [0.717, 1.165) is 24.4 Å². The van der Waals surface area contributed by atoms with Crippen molar-refractivity contribution < 1.29 is 9.53 Å². The summed E-state index contributed by atoms with van der Waals surface area (Å²) in [5.41, 5.74) is 1.07. The number of anilines is 1. The fourth-order valence-corrected chi connectivity index (χ4v) is 1.76. The summed E-state index contributed by atoms with van der Waals surface area (Å²) >= 11 is 0. The average molecular weight is 235 g/mol. The lowest BCUT2D eigenvalue weighted by atomic mass is 10.1. The lowest BCUT2D eigenvalue weighted by Crippen LogP contribution is -2.19. The second kappa shape index (κ2) is 6.94. The highest BCUT2D eigenvalue weighted by atomic mass is 16.5. The normalized spacial score (nSPS) is 10.1. The molecule has 1 rings (SSSR count). The first kappa shape index (κ1) is 13.6. The van der Waals surface area contributed by atoms with Crippen molar-refractivity contribution in [3.63, 3.8) is 0 Å². The number of rotatable bonds is 7. The molecule has 3 heteroatoms. The third-order valence-electron chi connectivity index (χ3n) is 2.84. The number of ether oxygens (including phenoxy) is 1. The van der Waals surface area contributed by atoms with Crippen LogP contribution in [0.5, 0.6) is 5.75 Å². The molecule has 0 fully saturated rings. The topological polar surface area (TPSA) is 29.5 Å². The number of ketones is 1. The zero-order valence-corrected chi connectivity index (χ0v) is 10.9. The molecule has 0 amide bonds. The Morgan fingerprint density at radius 3 is 2.71 bits per heavy atom. The number of para-hydroxylation sites is 2. The van der Waals surface area contributed by atoms with Gasteiger partial charge >= 0.3 is 0 Å². The number of methoxy groups -OCH3 is 1. The monoisotopic (exact) mass is 235 g/mol. The van der Waals surface area contributed by atoms with Gasteiger partial charge in [-0.3, -0.25) is 4.79 Å². The highest BCUT2D eigenvalue weighted by molar-refractivity contribution is 5.78. The minimum atomic E-state index is 0.332. The molecule has 0 aromatic heterocycles. The van der Waals surface area contributed by atoms with Gasteiger partial charge in [0.2, 0.25) is 0 Å². The average Bonchev–Trinajstić information content (AvgIpc) is 2.38. The number of nitrogens with zero attached hydrogens (tertiary/aromatic N) is 1. The lowest BCUT2D eigenvalue weighted by Gasteiger charge is -2.21. The van der Waals surface area contributed by atoms with Crippen LogP contribution in [0.1, 0.15) is 26.2 Å². The van der Waals surface area contributed by atoms with E-state index < -0.39 is 0 Å². The zero-order chi connectivity index (χ0) is 12.7. The first-order chi connectivity index (χ1) is 8.19. The van der Waals surface area contributed by atoms with Gasteiger partial charge in [-0.2, -0.15) is 0 Å². The second-order valence-electron chi connectivity index (χ2n) is 4.09. The van der Waals surface area contributed by atoms with Crippen molar-refractivity contribution in [2.75, 3.05) is 25.6 Å². The van der Waals surface area contributed by atoms with Crippen LogP contribution in [-0.2, 0) is 4.79 Å². The van der Waals surface area contributed by atoms with Crippen LogP contribution >= 0.6 is 0 Å². The smallest absolute Gasteiger partial charge is 0.142 e. The van der Waals surface area contributed by atoms with Crippen LogP contribution in [0.15, 0.2) is 24.3 Å². The summed E-state index contributed by atoms with van der Waals surface area (Å²) in [5, 5.41) is 0. The van der Waals surface area contributed by atoms with Crippen LogP contribution in [0.4, 0.5) is 5.69 Å². The number of carbonyl (C=O) groups is 1. The predicted octanol–water partition coefficient (Wildman–Crippen LogP) is 2.89. The largest absolute Gasteiger partial charge is 0.495 e. The second-order valence-corrected chi connectivity index (χ2v) is 4.09. The first-order valence-electron chi connectivity index (χ1n) is 6.05. The van der Waals surface area contributed by atoms with E-state index in [2.05, 4.69) is 4.90 Å². The summed E-state index contributed by atoms with van der Waals surface area (Å²) in [6, 6.07) is 7.92. The third kappa shape index (κ3) is 4.10. The fourth-order valence-electron chi connectivity index (χ4n) is 1.76. The van der Waals surface area contributed by atoms with Gasteiger partial charge < -0.3 is 9.64 Å². The molecule has 1 aromatic rings. The van der Waals surface area contributed by atoms with Crippen molar-refractivity contribution in [1.29, 1.82) is 0 Å². The van der Waals surface area contributed by atoms with E-state index in [4.69, 9.17) is 4.74 Å². The van der Waals surface area contributed by atoms with Crippen molar-refractivity contribution in [2.45, 2.75) is 26.2 Å². The maximum Gasteiger partial charge on any atom is 0.142 e. The molecule has 94 valence electrons. The molecule has 17 heavy (non-hydrogen) atoms. The molecule has 0 saturated carbocycles. The summed E-state index contributed by atoms with van der Waals surface area (Å²) in [6.45, 7) is 2.78. The van der Waals surface area contributed by atoms with Gasteiger partial charge in [0.1, 0.15) is 11.5 Å². The molecule has 0 bridgehead atoms. The van der Waals surface area contributed by atoms with Crippen LogP contribution in [0, 0.1) is 0 Å². The molecule has 0 aliphatic rings. The Morgan fingerprint density at radius 2 is 2.06 bits per heavy atom. The van der Waals surface area contributed by atoms with Crippen molar-refractivity contribution >= 4 is 11.5 Å². The van der Waals surface area contributed by atoms with Crippen LogP contribution in [0.3, 0.4) is 0 Å². The van der Waals surface area contributed by atoms with Crippen LogP contribution in [-0.4, -0.2) is 26.5 Å². The summed E-state index contributed by atoms with van der Waals surface area (Å²) < 4.78 is 5.31. The maximum absolute atomic E-state index is 11.2. The number of hydrogen-bond acceptors (Lipinski definition) is 3. The standard InChI is InChI=1S/C14H21NO2/c1-4-12(16)8-7-11-15(2)13-9-5-6-10-14(13)17-3/h5-6,9-10H,4,7-8,11H2,1-3H3. The van der Waals surface area contributed by atoms with Crippen LogP contribution in [0.25, 0.3) is 0 Å². The summed E-state index contributed by atoms with van der Waals surface area (Å²) in [4.78, 5) is 13.3. The van der Waals surface area contributed by atoms with Crippen LogP contribution < -0.4 is 9.64 Å². The van der Waals surface area contributed by atoms with E-state index in [-0.39, 0.29) is 0 Å². The molecule has 0 spiro atoms. The van der Waals surface area contributed by atoms with Crippen LogP contribution in [0.2, 0.25) is 0 Å². The minimum absolute atomic E-state index is 0.332. The van der Waals surface area contributed by atoms with Gasteiger partial charge in [-0.05, 0) is 18.6 Å². The molecular formula is C14H21NO2. The van der Waals surface area contributed by atoms with Gasteiger partial charge in [-0.1, -0.05) is 19.1 Å². The summed E-state index contributed by atoms with van der Waals surface area (Å²) in [6.07, 6.45) is 2.19. The highest BCUT2D eigenvalue weighted by Gasteiger charge is 2.07. The highest BCUT2D eigenvalue weighted by Crippen LogP contribution is 2.26. The van der Waals surface area contributed by atoms with Gasteiger partial charge in [0.25, 0.3) is 0 Å². The van der Waals surface area contributed by atoms with E-state index in [1.54, 1.807) is 7.11 Å². The molecule has 0 heterocycles. The molecule has 0 unspecified atom stereocenters. The van der Waals surface area contributed by atoms with E-state index in [9.17, 15) is 4.79 Å². The molecule has 0 N–H and O–H groups in total. The molecule has 0 aliphatic carbocycles. The van der Waals surface area contributed by atoms with Crippen molar-refractivity contribution in [3.05, 3.63) is 24.3 Å². The molecule has 0 atom stereocenters. The number of carbonyl (C=O) groups excluding carboxylic acids is 1. The van der Waals surface area contributed by atoms with Gasteiger partial charge in [0.15, 0.2) is 0 Å². The summed E-state index contributed by atoms with van der Waals surface area (Å²) in [5.74, 6) is 1.20. The first-order valence-corrected chi connectivity index (χ1v) is 6.05. The van der Waals surface area contributed by atoms with Crippen molar-refractivity contribution in [3.8, 4) is 5.75 Å². The molecular weight excluding hydrogens is 214 g/mol. The Bertz CT molecular complexity index is 363. The molecule has 1 aromatic carbocycles. The number of Topliss-reactive ketones (excluding diaryl/α,β-unsaturated/α-hetero) is 1. The maximum atomic E-state index is 11.2. The SMILES string of the molecule is CCC(=O)CCCN(C)c1ccccc1OC. The van der Waals surface area contributed by atoms with Crippen molar-refractivity contribution in [2.24, 2.45) is 0 Å². The van der Waals surface area contributed by atoms with E-state index in [1.807, 2.05) is 38.2 Å². The zero-order valence-electron chi connectivity index (χ0n) is 10.9. The van der Waals surface area contributed by atoms with Gasteiger partial charge in [0.05, 0.1) is 12.8 Å². The third-order valence-corrected chi connectivity index (χ3v) is 2.84. The molecule has 0 saturated heterocycles. The Hall–Kier alpha value is -1.51. The Kier molecular flexibility index (Phi) is 5.53. The van der Waals surface area contributed by atoms with Gasteiger partial charge in [-0.15, -0.1) is 0 Å². The van der Waals surface area contributed by atoms with E-state index >= 15 is 0 Å². The van der Waals surface area contributed by atoms with Gasteiger partial charge in [-0.25, -0.2) is 0 Å². The van der Waals surface area contributed by atoms with E-state index in [0.29, 0.717) is 18.6 Å². The Morgan fingerprint density at radius 1 is 1.35 bits per heavy atom. The number of benzene rings is 1. The minimum Gasteiger partial charge on any atom is -0.495 e. The molecule has 0 aliphatic heterocycles. The van der Waals surface area contributed by atoms with Crippen molar-refractivity contribution in [1.82, 2.24) is 0 Å². The van der Waals surface area contributed by atoms with Gasteiger partial charge in [0, 0.05) is 26.4 Å². The summed E-state index contributed by atoms with van der Waals surface area (Å²) in [7, 11) is 3.70. The predicted molar refractivity (Wildman–Crippen MR) is 70.8 cm³/mol. The fraction of sp³-hybridized carbons (Fsp3) is 0.500. The van der Waals surface area contributed by atoms with E-state index in [1.165, 1.54) is 0 Å². The molecule has 3 nitrogen and oxygen atoms in total. The lowest BCUT2D eigenvalue weighted by molar-refractivity contribution is -0.118. The Balaban J connectivity index is 2.51. The number of hydrogen-bond donors (Lipinski definition) is 0. The quantitative estimate of drug-likeness (QED) is 0.727. The molecule has 0 radical (unpaired) electrons.